The molecule has 5 rings (SSSR count). The minimum Gasteiger partial charge on any atom is -0.503 e. The van der Waals surface area contributed by atoms with Crippen LogP contribution in [0.15, 0.2) is 84.1 Å². The molecule has 38 heavy (non-hydrogen) atoms. The summed E-state index contributed by atoms with van der Waals surface area (Å²) in [6, 6.07) is 18.9. The third-order valence-corrected chi connectivity index (χ3v) is 7.23. The lowest BCUT2D eigenvalue weighted by atomic mass is 9.95. The maximum Gasteiger partial charge on any atom is 0.296 e. The Morgan fingerprint density at radius 1 is 0.974 bits per heavy atom. The number of carbonyl (C=O) groups is 2. The Balaban J connectivity index is 1.63. The fraction of sp³-hybridized carbons (Fsp3) is 0.138. The first-order valence-corrected chi connectivity index (χ1v) is 12.5. The summed E-state index contributed by atoms with van der Waals surface area (Å²) in [5, 5.41) is 11.3. The highest BCUT2D eigenvalue weighted by molar-refractivity contribution is 7.22. The number of anilines is 1. The van der Waals surface area contributed by atoms with Crippen LogP contribution < -0.4 is 19.1 Å². The average molecular weight is 529 g/mol. The molecule has 0 saturated carbocycles. The quantitative estimate of drug-likeness (QED) is 0.301. The van der Waals surface area contributed by atoms with E-state index in [2.05, 4.69) is 4.98 Å². The number of allylic oxidation sites excluding steroid dienone is 1. The van der Waals surface area contributed by atoms with Crippen molar-refractivity contribution in [2.45, 2.75) is 6.04 Å². The van der Waals surface area contributed by atoms with Gasteiger partial charge in [-0.15, -0.1) is 0 Å². The number of fused-ring (bicyclic) bond motifs is 1. The lowest BCUT2D eigenvalue weighted by Crippen LogP contribution is -2.30. The molecule has 1 aliphatic rings. The third-order valence-electron chi connectivity index (χ3n) is 6.21. The van der Waals surface area contributed by atoms with Crippen LogP contribution in [0.2, 0.25) is 0 Å². The fourth-order valence-corrected chi connectivity index (χ4v) is 5.36. The highest BCUT2D eigenvalue weighted by atomic mass is 32.1. The molecule has 0 radical (unpaired) electrons. The molecule has 4 aromatic rings. The number of carbonyl (C=O) groups excluding carboxylic acids is 2. The number of amides is 1. The van der Waals surface area contributed by atoms with Crippen LogP contribution in [0.25, 0.3) is 16.3 Å². The van der Waals surface area contributed by atoms with Crippen molar-refractivity contribution in [3.05, 3.63) is 95.3 Å². The first kappa shape index (κ1) is 25.0. The number of aromatic nitrogens is 1. The van der Waals surface area contributed by atoms with E-state index in [0.717, 1.165) is 10.3 Å². The number of ketones is 1. The molecule has 0 spiro atoms. The fourth-order valence-electron chi connectivity index (χ4n) is 4.34. The van der Waals surface area contributed by atoms with Gasteiger partial charge in [-0.3, -0.25) is 14.5 Å². The highest BCUT2D eigenvalue weighted by Gasteiger charge is 2.45. The predicted molar refractivity (Wildman–Crippen MR) is 146 cm³/mol. The van der Waals surface area contributed by atoms with Crippen molar-refractivity contribution in [3.63, 3.8) is 0 Å². The van der Waals surface area contributed by atoms with E-state index >= 15 is 0 Å². The number of aliphatic hydroxyl groups excluding tert-OH is 1. The molecule has 1 unspecified atom stereocenters. The van der Waals surface area contributed by atoms with E-state index in [-0.39, 0.29) is 5.57 Å². The maximum absolute atomic E-state index is 13.5. The van der Waals surface area contributed by atoms with Crippen molar-refractivity contribution >= 4 is 44.5 Å². The molecule has 2 heterocycles. The number of nitrogens with zero attached hydrogens (tertiary/aromatic N) is 2. The number of aliphatic hydroxyl groups is 1. The number of rotatable bonds is 8. The summed E-state index contributed by atoms with van der Waals surface area (Å²) in [6.45, 7) is 0. The van der Waals surface area contributed by atoms with Gasteiger partial charge in [0, 0.05) is 0 Å². The van der Waals surface area contributed by atoms with Crippen LogP contribution in [0.3, 0.4) is 0 Å². The Bertz CT molecular complexity index is 1590. The van der Waals surface area contributed by atoms with Gasteiger partial charge in [0.1, 0.15) is 5.75 Å². The van der Waals surface area contributed by atoms with Crippen molar-refractivity contribution in [2.24, 2.45) is 0 Å². The second-order valence-corrected chi connectivity index (χ2v) is 9.40. The Kier molecular flexibility index (Phi) is 6.85. The van der Waals surface area contributed by atoms with Gasteiger partial charge in [0.15, 0.2) is 28.2 Å². The number of methoxy groups -OCH3 is 3. The van der Waals surface area contributed by atoms with Crippen molar-refractivity contribution in [2.75, 3.05) is 26.2 Å². The molecular weight excluding hydrogens is 504 g/mol. The Morgan fingerprint density at radius 3 is 2.45 bits per heavy atom. The van der Waals surface area contributed by atoms with Crippen LogP contribution in [0, 0.1) is 0 Å². The van der Waals surface area contributed by atoms with Crippen LogP contribution in [0.1, 0.15) is 17.2 Å². The number of benzene rings is 3. The second-order valence-electron chi connectivity index (χ2n) is 8.39. The lowest BCUT2D eigenvalue weighted by molar-refractivity contribution is -0.117. The highest BCUT2D eigenvalue weighted by Crippen LogP contribution is 2.45. The molecule has 9 heteroatoms. The van der Waals surface area contributed by atoms with Crippen LogP contribution in [0.5, 0.6) is 17.2 Å². The van der Waals surface area contributed by atoms with Crippen LogP contribution in [-0.2, 0) is 9.59 Å². The molecule has 1 N–H and O–H groups in total. The largest absolute Gasteiger partial charge is 0.503 e. The van der Waals surface area contributed by atoms with Gasteiger partial charge in [0.2, 0.25) is 0 Å². The minimum atomic E-state index is -0.947. The van der Waals surface area contributed by atoms with E-state index in [1.54, 1.807) is 43.5 Å². The summed E-state index contributed by atoms with van der Waals surface area (Å²) in [5.41, 5.74) is 1.97. The number of hydrogen-bond acceptors (Lipinski definition) is 8. The van der Waals surface area contributed by atoms with Gasteiger partial charge in [-0.05, 0) is 47.5 Å². The zero-order valence-corrected chi connectivity index (χ0v) is 21.7. The van der Waals surface area contributed by atoms with Gasteiger partial charge in [-0.2, -0.15) is 0 Å². The summed E-state index contributed by atoms with van der Waals surface area (Å²) in [7, 11) is 4.60. The molecule has 192 valence electrons. The monoisotopic (exact) mass is 528 g/mol. The van der Waals surface area contributed by atoms with Crippen molar-refractivity contribution in [3.8, 4) is 17.2 Å². The minimum absolute atomic E-state index is 0.0498. The molecule has 8 nitrogen and oxygen atoms in total. The summed E-state index contributed by atoms with van der Waals surface area (Å²) in [6.07, 6.45) is 3.00. The Morgan fingerprint density at radius 2 is 1.74 bits per heavy atom. The zero-order valence-electron chi connectivity index (χ0n) is 20.9. The first-order valence-electron chi connectivity index (χ1n) is 11.7. The molecule has 1 atom stereocenters. The molecule has 0 bridgehead atoms. The molecule has 1 amide bonds. The van der Waals surface area contributed by atoms with E-state index in [0.29, 0.717) is 33.5 Å². The Hall–Kier alpha value is -4.63. The van der Waals surface area contributed by atoms with Gasteiger partial charge in [-0.1, -0.05) is 53.8 Å². The van der Waals surface area contributed by atoms with E-state index < -0.39 is 23.5 Å². The molecule has 0 aliphatic carbocycles. The molecule has 3 aromatic carbocycles. The predicted octanol–water partition coefficient (Wildman–Crippen LogP) is 5.50. The topological polar surface area (TPSA) is 98.2 Å². The van der Waals surface area contributed by atoms with E-state index in [1.165, 1.54) is 36.5 Å². The van der Waals surface area contributed by atoms with Gasteiger partial charge < -0.3 is 19.3 Å². The van der Waals surface area contributed by atoms with Crippen LogP contribution >= 0.6 is 11.3 Å². The second kappa shape index (κ2) is 10.4. The summed E-state index contributed by atoms with van der Waals surface area (Å²) in [4.78, 5) is 33.0. The molecular formula is C29H24N2O6S. The maximum atomic E-state index is 13.5. The van der Waals surface area contributed by atoms with Crippen molar-refractivity contribution < 1.29 is 28.9 Å². The molecule has 1 aromatic heterocycles. The van der Waals surface area contributed by atoms with Crippen molar-refractivity contribution in [1.29, 1.82) is 0 Å². The Labute approximate surface area is 223 Å². The van der Waals surface area contributed by atoms with E-state index in [9.17, 15) is 14.7 Å². The number of hydrogen-bond donors (Lipinski definition) is 1. The van der Waals surface area contributed by atoms with Gasteiger partial charge in [0.25, 0.3) is 5.91 Å². The SMILES string of the molecule is COc1ccc2nc(N3C(=O)C(O)=C(C(=O)C=Cc4ccccc4)C3c3ccc(OC)c(OC)c3)sc2c1. The summed E-state index contributed by atoms with van der Waals surface area (Å²) >= 11 is 1.26. The average Bonchev–Trinajstić information content (AvgIpc) is 3.49. The number of ether oxygens (including phenoxy) is 3. The standard InChI is InChI=1S/C29H24N2O6S/c1-35-19-11-12-20-24(16-19)38-29(30-20)31-26(18-10-14-22(36-2)23(15-18)37-3)25(27(33)28(31)34)21(32)13-9-17-7-5-4-6-8-17/h4-16,26,33H,1-3H3. The smallest absolute Gasteiger partial charge is 0.296 e. The van der Waals surface area contributed by atoms with Gasteiger partial charge >= 0.3 is 0 Å². The normalized spacial score (nSPS) is 15.5. The van der Waals surface area contributed by atoms with Gasteiger partial charge in [-0.25, -0.2) is 4.98 Å². The van der Waals surface area contributed by atoms with Crippen LogP contribution in [0.4, 0.5) is 5.13 Å². The summed E-state index contributed by atoms with van der Waals surface area (Å²) in [5.74, 6) is -0.269. The van der Waals surface area contributed by atoms with Crippen LogP contribution in [-0.4, -0.2) is 43.1 Å². The number of thiazole rings is 1. The van der Waals surface area contributed by atoms with E-state index in [4.69, 9.17) is 14.2 Å². The van der Waals surface area contributed by atoms with Gasteiger partial charge in [0.05, 0.1) is 43.2 Å². The molecule has 1 aliphatic heterocycles. The summed E-state index contributed by atoms with van der Waals surface area (Å²) < 4.78 is 16.9. The molecule has 0 fully saturated rings. The van der Waals surface area contributed by atoms with Crippen molar-refractivity contribution in [1.82, 2.24) is 4.98 Å². The zero-order chi connectivity index (χ0) is 26.8. The lowest BCUT2D eigenvalue weighted by Gasteiger charge is -2.24. The first-order chi connectivity index (χ1) is 18.4. The third kappa shape index (κ3) is 4.48. The van der Waals surface area contributed by atoms with E-state index in [1.807, 2.05) is 36.4 Å². The molecule has 0 saturated heterocycles.